The molecule has 6 heteroatoms. The molecule has 0 aromatic heterocycles. The number of benzene rings is 1. The predicted octanol–water partition coefficient (Wildman–Crippen LogP) is -0.0721. The van der Waals surface area contributed by atoms with Crippen molar-refractivity contribution in [1.29, 1.82) is 0 Å². The van der Waals surface area contributed by atoms with Crippen molar-refractivity contribution in [1.82, 2.24) is 4.72 Å². The molecule has 0 unspecified atom stereocenters. The number of nitrogens with one attached hydrogen (secondary N) is 1. The SMILES string of the molecule is C[C@@H](O)CNS(=O)(=O)c1cccc(N)c1. The van der Waals surface area contributed by atoms with Crippen LogP contribution in [0.5, 0.6) is 0 Å². The van der Waals surface area contributed by atoms with Crippen LogP contribution in [-0.2, 0) is 10.0 Å². The lowest BCUT2D eigenvalue weighted by Crippen LogP contribution is -2.30. The number of sulfonamides is 1. The van der Waals surface area contributed by atoms with Crippen LogP contribution >= 0.6 is 0 Å². The van der Waals surface area contributed by atoms with E-state index >= 15 is 0 Å². The molecule has 0 heterocycles. The lowest BCUT2D eigenvalue weighted by atomic mass is 10.3. The van der Waals surface area contributed by atoms with Crippen LogP contribution in [0.4, 0.5) is 5.69 Å². The number of anilines is 1. The van der Waals surface area contributed by atoms with Gasteiger partial charge < -0.3 is 10.8 Å². The molecule has 84 valence electrons. The molecule has 1 atom stereocenters. The van der Waals surface area contributed by atoms with Crippen LogP contribution in [0.15, 0.2) is 29.2 Å². The fourth-order valence-electron chi connectivity index (χ4n) is 0.995. The number of nitrogen functional groups attached to an aromatic ring is 1. The predicted molar refractivity (Wildman–Crippen MR) is 57.7 cm³/mol. The van der Waals surface area contributed by atoms with Gasteiger partial charge in [-0.25, -0.2) is 13.1 Å². The van der Waals surface area contributed by atoms with E-state index in [0.29, 0.717) is 5.69 Å². The smallest absolute Gasteiger partial charge is 0.240 e. The van der Waals surface area contributed by atoms with Gasteiger partial charge in [0.2, 0.25) is 10.0 Å². The fourth-order valence-corrected chi connectivity index (χ4v) is 2.17. The highest BCUT2D eigenvalue weighted by Gasteiger charge is 2.14. The van der Waals surface area contributed by atoms with Crippen molar-refractivity contribution in [3.8, 4) is 0 Å². The average molecular weight is 230 g/mol. The molecule has 0 fully saturated rings. The zero-order valence-electron chi connectivity index (χ0n) is 8.34. The lowest BCUT2D eigenvalue weighted by molar-refractivity contribution is 0.198. The lowest BCUT2D eigenvalue weighted by Gasteiger charge is -2.08. The highest BCUT2D eigenvalue weighted by molar-refractivity contribution is 7.89. The molecule has 0 aliphatic rings. The Morgan fingerprint density at radius 3 is 2.73 bits per heavy atom. The van der Waals surface area contributed by atoms with E-state index in [4.69, 9.17) is 10.8 Å². The van der Waals surface area contributed by atoms with Crippen molar-refractivity contribution >= 4 is 15.7 Å². The number of rotatable bonds is 4. The minimum Gasteiger partial charge on any atom is -0.399 e. The summed E-state index contributed by atoms with van der Waals surface area (Å²) in [5.74, 6) is 0. The highest BCUT2D eigenvalue weighted by atomic mass is 32.2. The standard InChI is InChI=1S/C9H14N2O3S/c1-7(12)6-11-15(13,14)9-4-2-3-8(10)5-9/h2-5,7,11-12H,6,10H2,1H3/t7-/m1/s1. The van der Waals surface area contributed by atoms with Gasteiger partial charge in [0.1, 0.15) is 0 Å². The molecule has 0 saturated carbocycles. The van der Waals surface area contributed by atoms with Gasteiger partial charge in [-0.3, -0.25) is 0 Å². The second kappa shape index (κ2) is 4.61. The van der Waals surface area contributed by atoms with E-state index in [-0.39, 0.29) is 11.4 Å². The molecule has 0 saturated heterocycles. The Kier molecular flexibility index (Phi) is 3.67. The van der Waals surface area contributed by atoms with Gasteiger partial charge in [-0.15, -0.1) is 0 Å². The molecular weight excluding hydrogens is 216 g/mol. The van der Waals surface area contributed by atoms with E-state index in [1.54, 1.807) is 12.1 Å². The van der Waals surface area contributed by atoms with E-state index in [2.05, 4.69) is 4.72 Å². The summed E-state index contributed by atoms with van der Waals surface area (Å²) in [5.41, 5.74) is 5.85. The Morgan fingerprint density at radius 2 is 2.20 bits per heavy atom. The van der Waals surface area contributed by atoms with Crippen molar-refractivity contribution in [2.24, 2.45) is 0 Å². The summed E-state index contributed by atoms with van der Waals surface area (Å²) in [7, 11) is -3.57. The summed E-state index contributed by atoms with van der Waals surface area (Å²) in [6, 6.07) is 5.98. The van der Waals surface area contributed by atoms with Gasteiger partial charge in [-0.1, -0.05) is 6.07 Å². The van der Waals surface area contributed by atoms with Gasteiger partial charge in [0, 0.05) is 12.2 Å². The zero-order chi connectivity index (χ0) is 11.5. The third-order valence-corrected chi connectivity index (χ3v) is 3.16. The van der Waals surface area contributed by atoms with Gasteiger partial charge in [0.05, 0.1) is 11.0 Å². The Hall–Kier alpha value is -1.11. The molecule has 1 rings (SSSR count). The van der Waals surface area contributed by atoms with Crippen LogP contribution in [0, 0.1) is 0 Å². The maximum absolute atomic E-state index is 11.6. The number of hydrogen-bond acceptors (Lipinski definition) is 4. The van der Waals surface area contributed by atoms with Crippen LogP contribution in [0.3, 0.4) is 0 Å². The van der Waals surface area contributed by atoms with E-state index in [1.165, 1.54) is 19.1 Å². The average Bonchev–Trinajstić information content (AvgIpc) is 2.15. The third-order valence-electron chi connectivity index (χ3n) is 1.74. The number of aliphatic hydroxyl groups is 1. The molecule has 0 radical (unpaired) electrons. The van der Waals surface area contributed by atoms with Crippen LogP contribution in [0.1, 0.15) is 6.92 Å². The van der Waals surface area contributed by atoms with Gasteiger partial charge in [0.15, 0.2) is 0 Å². The van der Waals surface area contributed by atoms with Gasteiger partial charge >= 0.3 is 0 Å². The first kappa shape index (κ1) is 12.0. The van der Waals surface area contributed by atoms with E-state index in [1.807, 2.05) is 0 Å². The Bertz CT molecular complexity index is 429. The molecule has 1 aromatic carbocycles. The highest BCUT2D eigenvalue weighted by Crippen LogP contribution is 2.12. The molecule has 4 N–H and O–H groups in total. The van der Waals surface area contributed by atoms with Crippen LogP contribution in [-0.4, -0.2) is 26.2 Å². The Balaban J connectivity index is 2.87. The first-order valence-corrected chi connectivity index (χ1v) is 5.93. The van der Waals surface area contributed by atoms with Crippen molar-refractivity contribution < 1.29 is 13.5 Å². The van der Waals surface area contributed by atoms with Crippen molar-refractivity contribution in [3.05, 3.63) is 24.3 Å². The molecule has 0 bridgehead atoms. The summed E-state index contributed by atoms with van der Waals surface area (Å²) in [6.45, 7) is 1.49. The number of aliphatic hydroxyl groups excluding tert-OH is 1. The van der Waals surface area contributed by atoms with Crippen molar-refractivity contribution in [2.75, 3.05) is 12.3 Å². The monoisotopic (exact) mass is 230 g/mol. The maximum atomic E-state index is 11.6. The minimum absolute atomic E-state index is 0.0167. The van der Waals surface area contributed by atoms with Crippen LogP contribution < -0.4 is 10.5 Å². The van der Waals surface area contributed by atoms with Crippen LogP contribution in [0.2, 0.25) is 0 Å². The minimum atomic E-state index is -3.57. The Labute approximate surface area is 89.0 Å². The van der Waals surface area contributed by atoms with E-state index in [9.17, 15) is 8.42 Å². The molecule has 15 heavy (non-hydrogen) atoms. The number of hydrogen-bond donors (Lipinski definition) is 3. The van der Waals surface area contributed by atoms with Crippen LogP contribution in [0.25, 0.3) is 0 Å². The quantitative estimate of drug-likeness (QED) is 0.631. The second-order valence-electron chi connectivity index (χ2n) is 3.27. The third kappa shape index (κ3) is 3.50. The molecule has 1 aromatic rings. The zero-order valence-corrected chi connectivity index (χ0v) is 9.16. The van der Waals surface area contributed by atoms with Gasteiger partial charge in [0.25, 0.3) is 0 Å². The molecule has 0 spiro atoms. The molecule has 0 aliphatic heterocycles. The van der Waals surface area contributed by atoms with Gasteiger partial charge in [-0.05, 0) is 25.1 Å². The summed E-state index contributed by atoms with van der Waals surface area (Å²) in [6.07, 6.45) is -0.721. The van der Waals surface area contributed by atoms with Crippen molar-refractivity contribution in [2.45, 2.75) is 17.9 Å². The second-order valence-corrected chi connectivity index (χ2v) is 5.04. The molecule has 0 aliphatic carbocycles. The first-order valence-electron chi connectivity index (χ1n) is 4.45. The summed E-state index contributed by atoms with van der Waals surface area (Å²) < 4.78 is 25.5. The van der Waals surface area contributed by atoms with E-state index < -0.39 is 16.1 Å². The normalized spacial score (nSPS) is 13.7. The van der Waals surface area contributed by atoms with Crippen molar-refractivity contribution in [3.63, 3.8) is 0 Å². The molecule has 5 nitrogen and oxygen atoms in total. The largest absolute Gasteiger partial charge is 0.399 e. The molecule has 0 amide bonds. The number of nitrogens with two attached hydrogens (primary N) is 1. The topological polar surface area (TPSA) is 92.4 Å². The summed E-state index contributed by atoms with van der Waals surface area (Å²) >= 11 is 0. The summed E-state index contributed by atoms with van der Waals surface area (Å²) in [4.78, 5) is 0.100. The maximum Gasteiger partial charge on any atom is 0.240 e. The Morgan fingerprint density at radius 1 is 1.53 bits per heavy atom. The molecular formula is C9H14N2O3S. The van der Waals surface area contributed by atoms with Gasteiger partial charge in [-0.2, -0.15) is 0 Å². The fraction of sp³-hybridized carbons (Fsp3) is 0.333. The first-order chi connectivity index (χ1) is 6.92. The summed E-state index contributed by atoms with van der Waals surface area (Å²) in [5, 5.41) is 8.97. The van der Waals surface area contributed by atoms with E-state index in [0.717, 1.165) is 0 Å².